The summed E-state index contributed by atoms with van der Waals surface area (Å²) in [4.78, 5) is 12.1. The molecule has 0 aliphatic rings. The van der Waals surface area contributed by atoms with E-state index in [0.29, 0.717) is 0 Å². The lowest BCUT2D eigenvalue weighted by Gasteiger charge is -2.13. The summed E-state index contributed by atoms with van der Waals surface area (Å²) in [6.07, 6.45) is 6.22. The van der Waals surface area contributed by atoms with Crippen LogP contribution in [0.3, 0.4) is 0 Å². The van der Waals surface area contributed by atoms with E-state index in [-0.39, 0.29) is 0 Å². The molecule has 0 saturated heterocycles. The molecular weight excluding hydrogens is 154 g/mol. The summed E-state index contributed by atoms with van der Waals surface area (Å²) in [6, 6.07) is 0. The van der Waals surface area contributed by atoms with Crippen LogP contribution in [0.15, 0.2) is 24.4 Å². The highest BCUT2D eigenvalue weighted by molar-refractivity contribution is 5.80. The molecule has 0 aromatic carbocycles. The van der Waals surface area contributed by atoms with E-state index in [4.69, 9.17) is 5.11 Å². The molecule has 3 nitrogen and oxygen atoms in total. The van der Waals surface area contributed by atoms with Crippen LogP contribution in [0, 0.1) is 0 Å². The van der Waals surface area contributed by atoms with Gasteiger partial charge in [0.15, 0.2) is 0 Å². The van der Waals surface area contributed by atoms with Crippen molar-refractivity contribution in [3.8, 4) is 0 Å². The largest absolute Gasteiger partial charge is 0.478 e. The molecule has 0 aromatic rings. The zero-order chi connectivity index (χ0) is 9.40. The molecule has 0 unspecified atom stereocenters. The predicted molar refractivity (Wildman–Crippen MR) is 48.8 cm³/mol. The Morgan fingerprint density at radius 3 is 2.33 bits per heavy atom. The van der Waals surface area contributed by atoms with E-state index in [1.54, 1.807) is 6.08 Å². The molecule has 0 heterocycles. The van der Waals surface area contributed by atoms with Crippen molar-refractivity contribution in [3.63, 3.8) is 0 Å². The van der Waals surface area contributed by atoms with Gasteiger partial charge >= 0.3 is 5.97 Å². The second kappa shape index (κ2) is 6.46. The highest BCUT2D eigenvalue weighted by Gasteiger charge is 1.87. The molecule has 0 saturated carbocycles. The van der Waals surface area contributed by atoms with Gasteiger partial charge in [-0.05, 0) is 26.1 Å². The number of allylic oxidation sites excluding steroid dienone is 2. The van der Waals surface area contributed by atoms with Gasteiger partial charge in [0.1, 0.15) is 0 Å². The summed E-state index contributed by atoms with van der Waals surface area (Å²) in [5.41, 5.74) is 0. The highest BCUT2D eigenvalue weighted by atomic mass is 16.4. The number of rotatable bonds is 5. The van der Waals surface area contributed by atoms with Crippen molar-refractivity contribution in [1.29, 1.82) is 0 Å². The first-order valence-electron chi connectivity index (χ1n) is 4.02. The Bertz CT molecular complexity index is 181. The van der Waals surface area contributed by atoms with Gasteiger partial charge in [-0.3, -0.25) is 0 Å². The summed E-state index contributed by atoms with van der Waals surface area (Å²) in [6.45, 7) is 5.98. The van der Waals surface area contributed by atoms with E-state index in [9.17, 15) is 4.79 Å². The second-order valence-corrected chi connectivity index (χ2v) is 2.26. The minimum absolute atomic E-state index is 0.917. The quantitative estimate of drug-likeness (QED) is 0.500. The maximum Gasteiger partial charge on any atom is 0.328 e. The lowest BCUT2D eigenvalue weighted by atomic mass is 10.4. The van der Waals surface area contributed by atoms with Crippen molar-refractivity contribution in [2.24, 2.45) is 0 Å². The zero-order valence-electron chi connectivity index (χ0n) is 7.53. The highest BCUT2D eigenvalue weighted by Crippen LogP contribution is 1.88. The molecular formula is C9H15NO2. The first kappa shape index (κ1) is 10.8. The second-order valence-electron chi connectivity index (χ2n) is 2.26. The fraction of sp³-hybridized carbons (Fsp3) is 0.444. The molecule has 0 spiro atoms. The van der Waals surface area contributed by atoms with Gasteiger partial charge in [0, 0.05) is 19.2 Å². The predicted octanol–water partition coefficient (Wildman–Crippen LogP) is 1.48. The van der Waals surface area contributed by atoms with Crippen LogP contribution in [0.2, 0.25) is 0 Å². The van der Waals surface area contributed by atoms with Gasteiger partial charge in [-0.25, -0.2) is 4.79 Å². The van der Waals surface area contributed by atoms with Crippen molar-refractivity contribution in [2.75, 3.05) is 13.1 Å². The van der Waals surface area contributed by atoms with E-state index in [0.717, 1.165) is 19.2 Å². The lowest BCUT2D eigenvalue weighted by molar-refractivity contribution is -0.131. The molecule has 0 radical (unpaired) electrons. The van der Waals surface area contributed by atoms with Crippen molar-refractivity contribution in [2.45, 2.75) is 13.8 Å². The first-order valence-corrected chi connectivity index (χ1v) is 4.02. The Morgan fingerprint density at radius 2 is 1.92 bits per heavy atom. The Kier molecular flexibility index (Phi) is 5.79. The topological polar surface area (TPSA) is 40.5 Å². The third-order valence-electron chi connectivity index (χ3n) is 1.46. The fourth-order valence-electron chi connectivity index (χ4n) is 0.744. The van der Waals surface area contributed by atoms with Crippen molar-refractivity contribution in [3.05, 3.63) is 24.4 Å². The van der Waals surface area contributed by atoms with Crippen molar-refractivity contribution < 1.29 is 9.90 Å². The normalized spacial score (nSPS) is 11.2. The monoisotopic (exact) mass is 169 g/mol. The molecule has 68 valence electrons. The van der Waals surface area contributed by atoms with E-state index in [1.165, 1.54) is 6.08 Å². The van der Waals surface area contributed by atoms with Crippen LogP contribution in [0.25, 0.3) is 0 Å². The Labute approximate surface area is 73.0 Å². The summed E-state index contributed by atoms with van der Waals surface area (Å²) in [5, 5.41) is 8.26. The van der Waals surface area contributed by atoms with Gasteiger partial charge in [0.05, 0.1) is 0 Å². The van der Waals surface area contributed by atoms with E-state index in [2.05, 4.69) is 18.7 Å². The number of nitrogens with zero attached hydrogens (tertiary/aromatic N) is 1. The van der Waals surface area contributed by atoms with Crippen LogP contribution >= 0.6 is 0 Å². The van der Waals surface area contributed by atoms with E-state index >= 15 is 0 Å². The maximum absolute atomic E-state index is 10.0. The van der Waals surface area contributed by atoms with Crippen LogP contribution in [0.1, 0.15) is 13.8 Å². The Morgan fingerprint density at radius 1 is 1.33 bits per heavy atom. The Balaban J connectivity index is 3.80. The van der Waals surface area contributed by atoms with Crippen molar-refractivity contribution >= 4 is 5.97 Å². The third kappa shape index (κ3) is 5.53. The van der Waals surface area contributed by atoms with Gasteiger partial charge in [0.25, 0.3) is 0 Å². The molecule has 0 aliphatic heterocycles. The lowest BCUT2D eigenvalue weighted by Crippen LogP contribution is -2.14. The SMILES string of the molecule is CCN(C=CC=CC(=O)O)CC. The number of carbonyl (C=O) groups is 1. The minimum atomic E-state index is -0.917. The minimum Gasteiger partial charge on any atom is -0.478 e. The Hall–Kier alpha value is -1.25. The van der Waals surface area contributed by atoms with Gasteiger partial charge in [-0.2, -0.15) is 0 Å². The van der Waals surface area contributed by atoms with Crippen LogP contribution in [-0.4, -0.2) is 29.1 Å². The summed E-state index contributed by atoms with van der Waals surface area (Å²) < 4.78 is 0. The molecule has 0 atom stereocenters. The van der Waals surface area contributed by atoms with Gasteiger partial charge in [0.2, 0.25) is 0 Å². The number of carboxylic acids is 1. The molecule has 0 amide bonds. The first-order chi connectivity index (χ1) is 5.70. The number of aliphatic carboxylic acids is 1. The average Bonchev–Trinajstić information content (AvgIpc) is 2.04. The smallest absolute Gasteiger partial charge is 0.328 e. The number of hydrogen-bond donors (Lipinski definition) is 1. The fourth-order valence-corrected chi connectivity index (χ4v) is 0.744. The summed E-state index contributed by atoms with van der Waals surface area (Å²) in [5.74, 6) is -0.917. The molecule has 0 fully saturated rings. The van der Waals surface area contributed by atoms with E-state index < -0.39 is 5.97 Å². The number of hydrogen-bond acceptors (Lipinski definition) is 2. The molecule has 0 bridgehead atoms. The molecule has 0 aliphatic carbocycles. The van der Waals surface area contributed by atoms with Gasteiger partial charge in [-0.15, -0.1) is 0 Å². The zero-order valence-corrected chi connectivity index (χ0v) is 7.53. The maximum atomic E-state index is 10.0. The number of carboxylic acid groups (broad SMARTS) is 1. The summed E-state index contributed by atoms with van der Waals surface area (Å²) in [7, 11) is 0. The van der Waals surface area contributed by atoms with Gasteiger partial charge in [-0.1, -0.05) is 6.08 Å². The average molecular weight is 169 g/mol. The van der Waals surface area contributed by atoms with Crippen molar-refractivity contribution in [1.82, 2.24) is 4.90 Å². The van der Waals surface area contributed by atoms with Crippen LogP contribution < -0.4 is 0 Å². The molecule has 3 heteroatoms. The third-order valence-corrected chi connectivity index (χ3v) is 1.46. The molecule has 12 heavy (non-hydrogen) atoms. The van der Waals surface area contributed by atoms with Crippen LogP contribution in [0.4, 0.5) is 0 Å². The summed E-state index contributed by atoms with van der Waals surface area (Å²) >= 11 is 0. The van der Waals surface area contributed by atoms with E-state index in [1.807, 2.05) is 6.20 Å². The molecule has 0 aromatic heterocycles. The van der Waals surface area contributed by atoms with Crippen LogP contribution in [-0.2, 0) is 4.79 Å². The standard InChI is InChI=1S/C9H15NO2/c1-3-10(4-2)8-6-5-7-9(11)12/h5-8H,3-4H2,1-2H3,(H,11,12). The molecule has 0 rings (SSSR count). The van der Waals surface area contributed by atoms with Gasteiger partial charge < -0.3 is 10.0 Å². The van der Waals surface area contributed by atoms with Crippen LogP contribution in [0.5, 0.6) is 0 Å². The molecule has 1 N–H and O–H groups in total.